The lowest BCUT2D eigenvalue weighted by Crippen LogP contribution is -2.55. The highest BCUT2D eigenvalue weighted by Crippen LogP contribution is 2.20. The van der Waals surface area contributed by atoms with E-state index in [0.717, 1.165) is 27.8 Å². The van der Waals surface area contributed by atoms with Gasteiger partial charge in [-0.05, 0) is 63.9 Å². The monoisotopic (exact) mass is 668 g/mol. The second-order valence-electron chi connectivity index (χ2n) is 12.6. The molecule has 0 aliphatic carbocycles. The minimum atomic E-state index is -1.27. The van der Waals surface area contributed by atoms with Gasteiger partial charge in [-0.1, -0.05) is 42.5 Å². The SMILES string of the molecule is CC(C)(C)OC(=O)NCCN(CC(=O)NC(Cc1cccc2ccccc12)C(=O)NNC(=O)c1ccc([N+](=O)[O-])o1)C(=O)OC(C)(C)C. The summed E-state index contributed by atoms with van der Waals surface area (Å²) < 4.78 is 15.5. The van der Waals surface area contributed by atoms with Crippen molar-refractivity contribution in [2.24, 2.45) is 0 Å². The largest absolute Gasteiger partial charge is 0.444 e. The van der Waals surface area contributed by atoms with Crippen molar-refractivity contribution in [3.63, 3.8) is 0 Å². The van der Waals surface area contributed by atoms with Crippen LogP contribution >= 0.6 is 0 Å². The zero-order valence-electron chi connectivity index (χ0n) is 27.6. The third kappa shape index (κ3) is 11.6. The topological polar surface area (TPSA) is 211 Å². The number of rotatable bonds is 11. The van der Waals surface area contributed by atoms with E-state index in [0.29, 0.717) is 5.56 Å². The third-order valence-electron chi connectivity index (χ3n) is 6.29. The molecule has 48 heavy (non-hydrogen) atoms. The number of amides is 5. The smallest absolute Gasteiger partial charge is 0.433 e. The van der Waals surface area contributed by atoms with Gasteiger partial charge in [0, 0.05) is 19.5 Å². The first-order valence-electron chi connectivity index (χ1n) is 15.0. The number of hydrogen-bond donors (Lipinski definition) is 4. The number of benzene rings is 2. The highest BCUT2D eigenvalue weighted by Gasteiger charge is 2.28. The first kappa shape index (κ1) is 36.8. The first-order chi connectivity index (χ1) is 22.4. The molecule has 0 aliphatic heterocycles. The highest BCUT2D eigenvalue weighted by atomic mass is 16.6. The maximum absolute atomic E-state index is 13.4. The molecule has 1 aromatic heterocycles. The maximum Gasteiger partial charge on any atom is 0.433 e. The number of nitrogens with zero attached hydrogens (tertiary/aromatic N) is 2. The van der Waals surface area contributed by atoms with Crippen molar-refractivity contribution in [1.82, 2.24) is 26.4 Å². The molecule has 2 aromatic carbocycles. The van der Waals surface area contributed by atoms with Gasteiger partial charge in [-0.3, -0.25) is 40.2 Å². The zero-order chi connectivity index (χ0) is 35.6. The summed E-state index contributed by atoms with van der Waals surface area (Å²) in [6, 6.07) is 13.7. The fraction of sp³-hybridized carbons (Fsp3) is 0.406. The van der Waals surface area contributed by atoms with E-state index in [2.05, 4.69) is 21.5 Å². The quantitative estimate of drug-likeness (QED) is 0.172. The number of nitro groups is 1. The number of fused-ring (bicyclic) bond motifs is 1. The van der Waals surface area contributed by atoms with E-state index in [1.54, 1.807) is 53.7 Å². The molecule has 4 N–H and O–H groups in total. The standard InChI is InChI=1S/C32H40N6O10/c1-31(2,3)47-29(42)33-16-17-37(30(43)48-32(4,5)6)19-25(39)34-23(18-21-12-9-11-20-10-7-8-13-22(20)21)27(40)35-36-28(41)24-14-15-26(46-24)38(44)45/h7-15,23H,16-19H2,1-6H3,(H,33,42)(H,34,39)(H,35,40)(H,36,41). The molecule has 0 bridgehead atoms. The van der Waals surface area contributed by atoms with Gasteiger partial charge in [0.15, 0.2) is 0 Å². The van der Waals surface area contributed by atoms with Gasteiger partial charge in [-0.15, -0.1) is 0 Å². The van der Waals surface area contributed by atoms with Gasteiger partial charge in [0.1, 0.15) is 28.7 Å². The van der Waals surface area contributed by atoms with Gasteiger partial charge in [-0.2, -0.15) is 0 Å². The van der Waals surface area contributed by atoms with Crippen LogP contribution in [0.2, 0.25) is 0 Å². The number of nitrogens with one attached hydrogen (secondary N) is 4. The molecule has 16 nitrogen and oxygen atoms in total. The Hall–Kier alpha value is -5.67. The van der Waals surface area contributed by atoms with Crippen LogP contribution < -0.4 is 21.5 Å². The molecule has 3 aromatic rings. The predicted molar refractivity (Wildman–Crippen MR) is 173 cm³/mol. The Morgan fingerprint density at radius 3 is 2.21 bits per heavy atom. The van der Waals surface area contributed by atoms with Crippen LogP contribution in [0.25, 0.3) is 10.8 Å². The van der Waals surface area contributed by atoms with E-state index in [1.807, 2.05) is 30.3 Å². The lowest BCUT2D eigenvalue weighted by molar-refractivity contribution is -0.402. The molecule has 1 atom stereocenters. The highest BCUT2D eigenvalue weighted by molar-refractivity contribution is 5.95. The minimum Gasteiger partial charge on any atom is -0.444 e. The van der Waals surface area contributed by atoms with Crippen LogP contribution in [0.4, 0.5) is 15.5 Å². The normalized spacial score (nSPS) is 12.0. The van der Waals surface area contributed by atoms with Gasteiger partial charge in [0.05, 0.1) is 6.07 Å². The average molecular weight is 669 g/mol. The summed E-state index contributed by atoms with van der Waals surface area (Å²) in [5.74, 6) is -3.64. The Morgan fingerprint density at radius 1 is 0.896 bits per heavy atom. The molecule has 0 fully saturated rings. The molecular formula is C32H40N6O10. The van der Waals surface area contributed by atoms with E-state index < -0.39 is 70.3 Å². The number of furan rings is 1. The number of hydrogen-bond acceptors (Lipinski definition) is 10. The molecule has 258 valence electrons. The number of alkyl carbamates (subject to hydrolysis) is 1. The van der Waals surface area contributed by atoms with E-state index in [1.165, 1.54) is 0 Å². The molecule has 0 saturated heterocycles. The second-order valence-corrected chi connectivity index (χ2v) is 12.6. The molecule has 1 heterocycles. The summed E-state index contributed by atoms with van der Waals surface area (Å²) >= 11 is 0. The number of carbonyl (C=O) groups excluding carboxylic acids is 5. The van der Waals surface area contributed by atoms with Crippen LogP contribution in [0.5, 0.6) is 0 Å². The Morgan fingerprint density at radius 2 is 1.56 bits per heavy atom. The molecule has 0 spiro atoms. The summed E-state index contributed by atoms with van der Waals surface area (Å²) in [7, 11) is 0. The number of ether oxygens (including phenoxy) is 2. The molecule has 16 heteroatoms. The second kappa shape index (κ2) is 15.8. The molecule has 5 amide bonds. The van der Waals surface area contributed by atoms with Crippen molar-refractivity contribution < 1.29 is 42.8 Å². The third-order valence-corrected chi connectivity index (χ3v) is 6.29. The molecule has 0 saturated carbocycles. The minimum absolute atomic E-state index is 0.0202. The van der Waals surface area contributed by atoms with Crippen LogP contribution in [0, 0.1) is 10.1 Å². The average Bonchev–Trinajstić information content (AvgIpc) is 3.48. The lowest BCUT2D eigenvalue weighted by atomic mass is 9.98. The number of hydrazine groups is 1. The van der Waals surface area contributed by atoms with Crippen LogP contribution in [0.1, 0.15) is 57.7 Å². The molecule has 1 unspecified atom stereocenters. The fourth-order valence-corrected chi connectivity index (χ4v) is 4.30. The summed E-state index contributed by atoms with van der Waals surface area (Å²) in [5.41, 5.74) is 3.40. The van der Waals surface area contributed by atoms with Crippen LogP contribution in [-0.2, 0) is 25.5 Å². The van der Waals surface area contributed by atoms with Crippen molar-refractivity contribution in [2.45, 2.75) is 65.2 Å². The summed E-state index contributed by atoms with van der Waals surface area (Å²) in [4.78, 5) is 75.6. The van der Waals surface area contributed by atoms with Gasteiger partial charge in [0.2, 0.25) is 11.7 Å². The first-order valence-corrected chi connectivity index (χ1v) is 15.0. The van der Waals surface area contributed by atoms with Crippen LogP contribution in [-0.4, -0.2) is 76.6 Å². The Balaban J connectivity index is 1.78. The Bertz CT molecular complexity index is 1650. The van der Waals surface area contributed by atoms with E-state index in [-0.39, 0.29) is 19.5 Å². The van der Waals surface area contributed by atoms with Crippen LogP contribution in [0.15, 0.2) is 59.0 Å². The molecule has 0 aliphatic rings. The van der Waals surface area contributed by atoms with Crippen molar-refractivity contribution in [3.05, 3.63) is 76.0 Å². The van der Waals surface area contributed by atoms with Gasteiger partial charge >= 0.3 is 24.0 Å². The fourth-order valence-electron chi connectivity index (χ4n) is 4.30. The zero-order valence-corrected chi connectivity index (χ0v) is 27.6. The molecule has 3 rings (SSSR count). The maximum atomic E-state index is 13.4. The Labute approximate surface area is 276 Å². The molecule has 0 radical (unpaired) electrons. The van der Waals surface area contributed by atoms with Crippen molar-refractivity contribution in [3.8, 4) is 0 Å². The van der Waals surface area contributed by atoms with Crippen molar-refractivity contribution in [1.29, 1.82) is 0 Å². The van der Waals surface area contributed by atoms with Gasteiger partial charge in [0.25, 0.3) is 5.91 Å². The summed E-state index contributed by atoms with van der Waals surface area (Å²) in [6.45, 7) is 9.30. The van der Waals surface area contributed by atoms with Crippen molar-refractivity contribution in [2.75, 3.05) is 19.6 Å². The van der Waals surface area contributed by atoms with E-state index >= 15 is 0 Å². The number of carbonyl (C=O) groups is 5. The van der Waals surface area contributed by atoms with E-state index in [4.69, 9.17) is 13.9 Å². The summed E-state index contributed by atoms with van der Waals surface area (Å²) in [6.07, 6.45) is -1.57. The Kier molecular flexibility index (Phi) is 12.1. The van der Waals surface area contributed by atoms with E-state index in [9.17, 15) is 34.1 Å². The summed E-state index contributed by atoms with van der Waals surface area (Å²) in [5, 5.41) is 17.8. The van der Waals surface area contributed by atoms with Gasteiger partial charge in [-0.25, -0.2) is 9.59 Å². The van der Waals surface area contributed by atoms with Crippen molar-refractivity contribution >= 4 is 46.6 Å². The lowest BCUT2D eigenvalue weighted by Gasteiger charge is -2.28. The predicted octanol–water partition coefficient (Wildman–Crippen LogP) is 3.59. The van der Waals surface area contributed by atoms with Gasteiger partial charge < -0.3 is 24.5 Å². The molecular weight excluding hydrogens is 628 g/mol. The van der Waals surface area contributed by atoms with Crippen LogP contribution in [0.3, 0.4) is 0 Å².